The fourth-order valence-corrected chi connectivity index (χ4v) is 5.40. The Labute approximate surface area is 135 Å². The van der Waals surface area contributed by atoms with Gasteiger partial charge in [-0.25, -0.2) is 13.4 Å². The molecule has 6 heteroatoms. The normalized spacial score (nSPS) is 20.5. The monoisotopic (exact) mass is 336 g/mol. The summed E-state index contributed by atoms with van der Waals surface area (Å²) in [4.78, 5) is 6.79. The van der Waals surface area contributed by atoms with Crippen LogP contribution in [0, 0.1) is 6.92 Å². The van der Waals surface area contributed by atoms with Gasteiger partial charge in [-0.1, -0.05) is 30.3 Å². The Morgan fingerprint density at radius 1 is 1.27 bits per heavy atom. The third kappa shape index (κ3) is 3.94. The second kappa shape index (κ2) is 6.48. The van der Waals surface area contributed by atoms with Crippen molar-refractivity contribution >= 4 is 21.2 Å². The minimum Gasteiger partial charge on any atom is -0.288 e. The summed E-state index contributed by atoms with van der Waals surface area (Å²) in [5, 5.41) is 3.10. The van der Waals surface area contributed by atoms with Crippen molar-refractivity contribution in [1.82, 2.24) is 9.88 Å². The van der Waals surface area contributed by atoms with Gasteiger partial charge in [0.1, 0.15) is 5.01 Å². The van der Waals surface area contributed by atoms with E-state index in [2.05, 4.69) is 22.0 Å². The molecule has 0 radical (unpaired) electrons. The van der Waals surface area contributed by atoms with Crippen molar-refractivity contribution in [2.45, 2.75) is 32.5 Å². The van der Waals surface area contributed by atoms with Crippen molar-refractivity contribution in [3.8, 4) is 0 Å². The SMILES string of the molecule is Cc1csc(CN(Cc2ccccc2)[C@@H]2CCS(=O)(=O)C2)n1. The maximum atomic E-state index is 11.8. The minimum atomic E-state index is -2.88. The van der Waals surface area contributed by atoms with Gasteiger partial charge in [0.05, 0.1) is 18.1 Å². The van der Waals surface area contributed by atoms with Crippen LogP contribution in [0.2, 0.25) is 0 Å². The van der Waals surface area contributed by atoms with Gasteiger partial charge < -0.3 is 0 Å². The predicted molar refractivity (Wildman–Crippen MR) is 89.6 cm³/mol. The largest absolute Gasteiger partial charge is 0.288 e. The van der Waals surface area contributed by atoms with E-state index in [4.69, 9.17) is 0 Å². The summed E-state index contributed by atoms with van der Waals surface area (Å²) in [7, 11) is -2.88. The van der Waals surface area contributed by atoms with Crippen LogP contribution in [0.25, 0.3) is 0 Å². The molecule has 0 bridgehead atoms. The molecule has 3 rings (SSSR count). The lowest BCUT2D eigenvalue weighted by molar-refractivity contribution is 0.194. The average molecular weight is 336 g/mol. The van der Waals surface area contributed by atoms with Gasteiger partial charge in [-0.3, -0.25) is 4.90 Å². The van der Waals surface area contributed by atoms with Crippen LogP contribution in [0.3, 0.4) is 0 Å². The number of rotatable bonds is 5. The molecule has 0 aliphatic carbocycles. The molecule has 22 heavy (non-hydrogen) atoms. The molecule has 1 aromatic heterocycles. The molecule has 2 heterocycles. The van der Waals surface area contributed by atoms with Crippen molar-refractivity contribution < 1.29 is 8.42 Å². The van der Waals surface area contributed by atoms with Crippen LogP contribution >= 0.6 is 11.3 Å². The lowest BCUT2D eigenvalue weighted by Gasteiger charge is -2.27. The van der Waals surface area contributed by atoms with Gasteiger partial charge in [0.15, 0.2) is 9.84 Å². The first-order valence-electron chi connectivity index (χ1n) is 7.41. The number of benzene rings is 1. The second-order valence-corrected chi connectivity index (χ2v) is 9.00. The maximum absolute atomic E-state index is 11.8. The van der Waals surface area contributed by atoms with Crippen molar-refractivity contribution in [2.75, 3.05) is 11.5 Å². The van der Waals surface area contributed by atoms with Gasteiger partial charge >= 0.3 is 0 Å². The van der Waals surface area contributed by atoms with E-state index in [-0.39, 0.29) is 11.8 Å². The van der Waals surface area contributed by atoms with Crippen LogP contribution in [0.15, 0.2) is 35.7 Å². The van der Waals surface area contributed by atoms with E-state index < -0.39 is 9.84 Å². The number of thiazole rings is 1. The number of aryl methyl sites for hydroxylation is 1. The zero-order valence-corrected chi connectivity index (χ0v) is 14.2. The van der Waals surface area contributed by atoms with E-state index in [9.17, 15) is 8.42 Å². The number of sulfone groups is 1. The number of aromatic nitrogens is 1. The van der Waals surface area contributed by atoms with Crippen LogP contribution in [0.1, 0.15) is 22.7 Å². The quantitative estimate of drug-likeness (QED) is 0.842. The molecule has 0 N–H and O–H groups in total. The van der Waals surface area contributed by atoms with E-state index >= 15 is 0 Å². The molecule has 2 aromatic rings. The summed E-state index contributed by atoms with van der Waals surface area (Å²) in [5.74, 6) is 0.573. The summed E-state index contributed by atoms with van der Waals surface area (Å²) in [6.07, 6.45) is 0.722. The molecular formula is C16H20N2O2S2. The Balaban J connectivity index is 1.78. The van der Waals surface area contributed by atoms with Crippen LogP contribution in [0.5, 0.6) is 0 Å². The number of nitrogens with zero attached hydrogens (tertiary/aromatic N) is 2. The summed E-state index contributed by atoms with van der Waals surface area (Å²) in [5.41, 5.74) is 2.23. The standard InChI is InChI=1S/C16H20N2O2S2/c1-13-11-21-16(17-13)10-18(9-14-5-3-2-4-6-14)15-7-8-22(19,20)12-15/h2-6,11,15H,7-10,12H2,1H3/t15-/m1/s1. The molecule has 1 fully saturated rings. The molecule has 0 saturated carbocycles. The maximum Gasteiger partial charge on any atom is 0.151 e. The molecule has 4 nitrogen and oxygen atoms in total. The summed E-state index contributed by atoms with van der Waals surface area (Å²) < 4.78 is 23.6. The molecular weight excluding hydrogens is 316 g/mol. The summed E-state index contributed by atoms with van der Waals surface area (Å²) in [6, 6.07) is 10.3. The van der Waals surface area contributed by atoms with E-state index in [1.54, 1.807) is 11.3 Å². The molecule has 1 saturated heterocycles. The van der Waals surface area contributed by atoms with Gasteiger partial charge in [-0.2, -0.15) is 0 Å². The lowest BCUT2D eigenvalue weighted by atomic mass is 10.1. The van der Waals surface area contributed by atoms with Crippen LogP contribution in [-0.2, 0) is 22.9 Å². The van der Waals surface area contributed by atoms with Crippen LogP contribution < -0.4 is 0 Å². The topological polar surface area (TPSA) is 50.3 Å². The van der Waals surface area contributed by atoms with Gasteiger partial charge in [0, 0.05) is 23.7 Å². The van der Waals surface area contributed by atoms with Crippen molar-refractivity contribution in [3.05, 3.63) is 52.0 Å². The van der Waals surface area contributed by atoms with Crippen molar-refractivity contribution in [1.29, 1.82) is 0 Å². The Bertz CT molecular complexity index is 726. The van der Waals surface area contributed by atoms with E-state index in [1.165, 1.54) is 5.56 Å². The molecule has 1 aromatic carbocycles. The molecule has 0 spiro atoms. The van der Waals surface area contributed by atoms with Crippen LogP contribution in [-0.4, -0.2) is 35.8 Å². The predicted octanol–water partition coefficient (Wildman–Crippen LogP) is 2.64. The molecule has 1 atom stereocenters. The average Bonchev–Trinajstić information content (AvgIpc) is 3.05. The van der Waals surface area contributed by atoms with Gasteiger partial charge in [0.2, 0.25) is 0 Å². The second-order valence-electron chi connectivity index (χ2n) is 5.83. The highest BCUT2D eigenvalue weighted by Gasteiger charge is 2.32. The Kier molecular flexibility index (Phi) is 4.61. The first-order valence-corrected chi connectivity index (χ1v) is 10.1. The Hall–Kier alpha value is -1.24. The third-order valence-electron chi connectivity index (χ3n) is 3.96. The van der Waals surface area contributed by atoms with E-state index in [0.717, 1.165) is 23.7 Å². The minimum absolute atomic E-state index is 0.0920. The van der Waals surface area contributed by atoms with Crippen LogP contribution in [0.4, 0.5) is 0 Å². The Morgan fingerprint density at radius 3 is 2.64 bits per heavy atom. The van der Waals surface area contributed by atoms with Crippen molar-refractivity contribution in [3.63, 3.8) is 0 Å². The first-order chi connectivity index (χ1) is 10.5. The smallest absolute Gasteiger partial charge is 0.151 e. The molecule has 118 valence electrons. The Morgan fingerprint density at radius 2 is 2.05 bits per heavy atom. The molecule has 1 aliphatic rings. The third-order valence-corrected chi connectivity index (χ3v) is 6.66. The zero-order chi connectivity index (χ0) is 15.6. The van der Waals surface area contributed by atoms with Gasteiger partial charge in [0.25, 0.3) is 0 Å². The number of hydrogen-bond donors (Lipinski definition) is 0. The summed E-state index contributed by atoms with van der Waals surface area (Å²) >= 11 is 1.64. The molecule has 0 unspecified atom stereocenters. The fourth-order valence-electron chi connectivity index (χ4n) is 2.84. The highest BCUT2D eigenvalue weighted by atomic mass is 32.2. The van der Waals surface area contributed by atoms with Gasteiger partial charge in [-0.05, 0) is 18.9 Å². The first kappa shape index (κ1) is 15.6. The molecule has 0 amide bonds. The highest BCUT2D eigenvalue weighted by molar-refractivity contribution is 7.91. The highest BCUT2D eigenvalue weighted by Crippen LogP contribution is 2.23. The van der Waals surface area contributed by atoms with Gasteiger partial charge in [-0.15, -0.1) is 11.3 Å². The lowest BCUT2D eigenvalue weighted by Crippen LogP contribution is -2.35. The summed E-state index contributed by atoms with van der Waals surface area (Å²) in [6.45, 7) is 3.47. The van der Waals surface area contributed by atoms with Crippen molar-refractivity contribution in [2.24, 2.45) is 0 Å². The molecule has 1 aliphatic heterocycles. The zero-order valence-electron chi connectivity index (χ0n) is 12.6. The van der Waals surface area contributed by atoms with E-state index in [0.29, 0.717) is 12.3 Å². The number of hydrogen-bond acceptors (Lipinski definition) is 5. The van der Waals surface area contributed by atoms with E-state index in [1.807, 2.05) is 30.5 Å². The fraction of sp³-hybridized carbons (Fsp3) is 0.438.